The lowest BCUT2D eigenvalue weighted by molar-refractivity contribution is -0.126. The molecule has 0 saturated carbocycles. The molecule has 1 aliphatic heterocycles. The number of benzene rings is 2. The van der Waals surface area contributed by atoms with Crippen LogP contribution in [-0.2, 0) is 4.79 Å². The third kappa shape index (κ3) is 4.49. The topological polar surface area (TPSA) is 41.4 Å². The standard InChI is InChI=1S/C24H24ClFN4O/c1-17-21(18(2)30(27-17)20-9-7-19(26)8-10-20)11-12-24(31)29-15-13-28(14-16-29)23-6-4-3-5-22(23)25/h3-12H,13-16H2,1-2H3/b12-11+. The Morgan fingerprint density at radius 1 is 1.03 bits per heavy atom. The van der Waals surface area contributed by atoms with Gasteiger partial charge in [-0.25, -0.2) is 9.07 Å². The molecule has 2 aromatic carbocycles. The molecule has 1 saturated heterocycles. The molecule has 1 aliphatic rings. The van der Waals surface area contributed by atoms with E-state index in [1.165, 1.54) is 12.1 Å². The predicted molar refractivity (Wildman–Crippen MR) is 122 cm³/mol. The molecule has 0 N–H and O–H groups in total. The normalized spacial score (nSPS) is 14.5. The van der Waals surface area contributed by atoms with Crippen molar-refractivity contribution in [3.05, 3.63) is 82.4 Å². The van der Waals surface area contributed by atoms with E-state index in [1.807, 2.05) is 49.1 Å². The molecule has 160 valence electrons. The molecular formula is C24H24ClFN4O. The molecule has 1 fully saturated rings. The Kier molecular flexibility index (Phi) is 6.09. The van der Waals surface area contributed by atoms with Gasteiger partial charge in [-0.3, -0.25) is 4.79 Å². The number of nitrogens with zero attached hydrogens (tertiary/aromatic N) is 4. The molecule has 0 radical (unpaired) electrons. The third-order valence-corrected chi connectivity index (χ3v) is 5.92. The van der Waals surface area contributed by atoms with Crippen molar-refractivity contribution in [2.24, 2.45) is 0 Å². The van der Waals surface area contributed by atoms with Crippen LogP contribution in [0.5, 0.6) is 0 Å². The largest absolute Gasteiger partial charge is 0.367 e. The quantitative estimate of drug-likeness (QED) is 0.557. The summed E-state index contributed by atoms with van der Waals surface area (Å²) < 4.78 is 15.0. The number of piperazine rings is 1. The lowest BCUT2D eigenvalue weighted by Crippen LogP contribution is -2.48. The van der Waals surface area contributed by atoms with Gasteiger partial charge < -0.3 is 9.80 Å². The summed E-state index contributed by atoms with van der Waals surface area (Å²) in [6.45, 7) is 6.60. The van der Waals surface area contributed by atoms with Gasteiger partial charge in [0.25, 0.3) is 0 Å². The molecule has 31 heavy (non-hydrogen) atoms. The number of carbonyl (C=O) groups excluding carboxylic acids is 1. The maximum atomic E-state index is 13.2. The van der Waals surface area contributed by atoms with Crippen LogP contribution < -0.4 is 4.90 Å². The highest BCUT2D eigenvalue weighted by molar-refractivity contribution is 6.33. The van der Waals surface area contributed by atoms with Crippen LogP contribution in [0.15, 0.2) is 54.6 Å². The fraction of sp³-hybridized carbons (Fsp3) is 0.250. The molecule has 0 aliphatic carbocycles. The molecule has 1 aromatic heterocycles. The predicted octanol–water partition coefficient (Wildman–Crippen LogP) is 4.64. The van der Waals surface area contributed by atoms with Crippen molar-refractivity contribution in [1.82, 2.24) is 14.7 Å². The lowest BCUT2D eigenvalue weighted by Gasteiger charge is -2.36. The fourth-order valence-corrected chi connectivity index (χ4v) is 4.12. The average molecular weight is 439 g/mol. The highest BCUT2D eigenvalue weighted by atomic mass is 35.5. The van der Waals surface area contributed by atoms with E-state index in [0.29, 0.717) is 13.1 Å². The van der Waals surface area contributed by atoms with Crippen LogP contribution in [0.2, 0.25) is 5.02 Å². The van der Waals surface area contributed by atoms with Crippen molar-refractivity contribution in [1.29, 1.82) is 0 Å². The number of amides is 1. The maximum absolute atomic E-state index is 13.2. The Hall–Kier alpha value is -3.12. The second-order valence-corrected chi connectivity index (χ2v) is 7.98. The number of carbonyl (C=O) groups is 1. The Bertz CT molecular complexity index is 1120. The number of aryl methyl sites for hydroxylation is 1. The van der Waals surface area contributed by atoms with Crippen molar-refractivity contribution in [3.63, 3.8) is 0 Å². The van der Waals surface area contributed by atoms with E-state index in [-0.39, 0.29) is 11.7 Å². The van der Waals surface area contributed by atoms with Crippen molar-refractivity contribution in [2.45, 2.75) is 13.8 Å². The second-order valence-electron chi connectivity index (χ2n) is 7.57. The van der Waals surface area contributed by atoms with Gasteiger partial charge in [0, 0.05) is 43.5 Å². The van der Waals surface area contributed by atoms with Gasteiger partial charge in [0.05, 0.1) is 22.1 Å². The van der Waals surface area contributed by atoms with E-state index in [0.717, 1.165) is 46.4 Å². The first kappa shape index (κ1) is 21.1. The molecule has 3 aromatic rings. The Labute approximate surface area is 186 Å². The molecule has 5 nitrogen and oxygen atoms in total. The van der Waals surface area contributed by atoms with Gasteiger partial charge >= 0.3 is 0 Å². The van der Waals surface area contributed by atoms with E-state index in [9.17, 15) is 9.18 Å². The minimum absolute atomic E-state index is 0.0212. The van der Waals surface area contributed by atoms with Crippen molar-refractivity contribution in [3.8, 4) is 5.69 Å². The molecule has 0 atom stereocenters. The van der Waals surface area contributed by atoms with Crippen molar-refractivity contribution in [2.75, 3.05) is 31.1 Å². The number of aromatic nitrogens is 2. The minimum atomic E-state index is -0.286. The summed E-state index contributed by atoms with van der Waals surface area (Å²) in [5, 5.41) is 5.28. The monoisotopic (exact) mass is 438 g/mol. The minimum Gasteiger partial charge on any atom is -0.367 e. The van der Waals surface area contributed by atoms with Gasteiger partial charge in [-0.2, -0.15) is 5.10 Å². The van der Waals surface area contributed by atoms with Crippen LogP contribution in [0.4, 0.5) is 10.1 Å². The number of hydrogen-bond acceptors (Lipinski definition) is 3. The second kappa shape index (κ2) is 8.94. The molecular weight excluding hydrogens is 415 g/mol. The zero-order valence-corrected chi connectivity index (χ0v) is 18.3. The van der Waals surface area contributed by atoms with Crippen LogP contribution in [0.3, 0.4) is 0 Å². The first-order valence-corrected chi connectivity index (χ1v) is 10.6. The van der Waals surface area contributed by atoms with Crippen LogP contribution in [-0.4, -0.2) is 46.8 Å². The summed E-state index contributed by atoms with van der Waals surface area (Å²) in [5.74, 6) is -0.308. The highest BCUT2D eigenvalue weighted by Gasteiger charge is 2.21. The molecule has 2 heterocycles. The molecule has 7 heteroatoms. The zero-order chi connectivity index (χ0) is 22.0. The van der Waals surface area contributed by atoms with E-state index in [2.05, 4.69) is 10.00 Å². The van der Waals surface area contributed by atoms with Gasteiger partial charge in [-0.1, -0.05) is 23.7 Å². The molecule has 0 spiro atoms. The van der Waals surface area contributed by atoms with Crippen LogP contribution in [0.25, 0.3) is 11.8 Å². The van der Waals surface area contributed by atoms with Gasteiger partial charge in [0.15, 0.2) is 0 Å². The van der Waals surface area contributed by atoms with E-state index in [1.54, 1.807) is 22.9 Å². The average Bonchev–Trinajstić information content (AvgIpc) is 3.06. The van der Waals surface area contributed by atoms with Crippen molar-refractivity contribution < 1.29 is 9.18 Å². The SMILES string of the molecule is Cc1nn(-c2ccc(F)cc2)c(C)c1/C=C/C(=O)N1CCN(c2ccccc2Cl)CC1. The Balaban J connectivity index is 1.43. The molecule has 1 amide bonds. The number of rotatable bonds is 4. The van der Waals surface area contributed by atoms with Gasteiger partial charge in [0.1, 0.15) is 5.82 Å². The summed E-state index contributed by atoms with van der Waals surface area (Å²) in [7, 11) is 0. The molecule has 4 rings (SSSR count). The maximum Gasteiger partial charge on any atom is 0.246 e. The number of anilines is 1. The summed E-state index contributed by atoms with van der Waals surface area (Å²) in [6.07, 6.45) is 3.43. The van der Waals surface area contributed by atoms with Crippen LogP contribution >= 0.6 is 11.6 Å². The number of halogens is 2. The summed E-state index contributed by atoms with van der Waals surface area (Å²) >= 11 is 6.30. The van der Waals surface area contributed by atoms with E-state index < -0.39 is 0 Å². The van der Waals surface area contributed by atoms with Gasteiger partial charge in [-0.15, -0.1) is 0 Å². The molecule has 0 bridgehead atoms. The molecule has 0 unspecified atom stereocenters. The van der Waals surface area contributed by atoms with E-state index in [4.69, 9.17) is 11.6 Å². The zero-order valence-electron chi connectivity index (χ0n) is 17.6. The highest BCUT2D eigenvalue weighted by Crippen LogP contribution is 2.26. The Morgan fingerprint density at radius 2 is 1.71 bits per heavy atom. The van der Waals surface area contributed by atoms with Crippen LogP contribution in [0, 0.1) is 19.7 Å². The van der Waals surface area contributed by atoms with E-state index >= 15 is 0 Å². The van der Waals surface area contributed by atoms with Gasteiger partial charge in [-0.05, 0) is 56.3 Å². The fourth-order valence-electron chi connectivity index (χ4n) is 3.87. The summed E-state index contributed by atoms with van der Waals surface area (Å²) in [5.41, 5.74) is 4.40. The van der Waals surface area contributed by atoms with Crippen molar-refractivity contribution >= 4 is 29.3 Å². The first-order chi connectivity index (χ1) is 14.9. The Morgan fingerprint density at radius 3 is 2.39 bits per heavy atom. The third-order valence-electron chi connectivity index (χ3n) is 5.60. The lowest BCUT2D eigenvalue weighted by atomic mass is 10.1. The van der Waals surface area contributed by atoms with Crippen LogP contribution in [0.1, 0.15) is 17.0 Å². The number of hydrogen-bond donors (Lipinski definition) is 0. The van der Waals surface area contributed by atoms with Gasteiger partial charge in [0.2, 0.25) is 5.91 Å². The number of para-hydroxylation sites is 1. The summed E-state index contributed by atoms with van der Waals surface area (Å²) in [6, 6.07) is 14.0. The first-order valence-electron chi connectivity index (χ1n) is 10.2. The summed E-state index contributed by atoms with van der Waals surface area (Å²) in [4.78, 5) is 16.8. The smallest absolute Gasteiger partial charge is 0.246 e.